The van der Waals surface area contributed by atoms with Gasteiger partial charge in [-0.1, -0.05) is 12.8 Å². The average Bonchev–Trinajstić information content (AvgIpc) is 3.25. The molecular weight excluding hydrogens is 411 g/mol. The minimum atomic E-state index is -0.125. The van der Waals surface area contributed by atoms with Crippen LogP contribution in [0.5, 0.6) is 0 Å². The SMILES string of the molecule is Cc1nc(CN2CCC(CNC(=O)[C@@]34CCCC[C@H]3CNC4)CC2)oc1C.Cl.Cl. The quantitative estimate of drug-likeness (QED) is 0.725. The van der Waals surface area contributed by atoms with Gasteiger partial charge >= 0.3 is 0 Å². The van der Waals surface area contributed by atoms with Gasteiger partial charge in [-0.25, -0.2) is 4.98 Å². The molecule has 2 saturated heterocycles. The second-order valence-electron chi connectivity index (χ2n) is 8.91. The molecule has 2 N–H and O–H groups in total. The molecule has 4 rings (SSSR count). The number of hydrogen-bond acceptors (Lipinski definition) is 5. The summed E-state index contributed by atoms with van der Waals surface area (Å²) < 4.78 is 5.71. The van der Waals surface area contributed by atoms with Crippen molar-refractivity contribution in [1.82, 2.24) is 20.5 Å². The van der Waals surface area contributed by atoms with E-state index in [2.05, 4.69) is 20.5 Å². The van der Waals surface area contributed by atoms with Crippen LogP contribution < -0.4 is 10.6 Å². The lowest BCUT2D eigenvalue weighted by Gasteiger charge is -2.38. The lowest BCUT2D eigenvalue weighted by molar-refractivity contribution is -0.134. The second-order valence-corrected chi connectivity index (χ2v) is 8.91. The highest BCUT2D eigenvalue weighted by Gasteiger charge is 2.49. The topological polar surface area (TPSA) is 70.4 Å². The first kappa shape index (κ1) is 24.4. The normalized spacial score (nSPS) is 27.6. The van der Waals surface area contributed by atoms with Gasteiger partial charge in [0.2, 0.25) is 11.8 Å². The molecular formula is C21H36Cl2N4O2. The zero-order chi connectivity index (χ0) is 18.9. The number of nitrogens with one attached hydrogen (secondary N) is 2. The van der Waals surface area contributed by atoms with Crippen molar-refractivity contribution in [2.45, 2.75) is 58.9 Å². The van der Waals surface area contributed by atoms with Crippen molar-refractivity contribution in [1.29, 1.82) is 0 Å². The minimum absolute atomic E-state index is 0. The average molecular weight is 447 g/mol. The number of hydrogen-bond donors (Lipinski definition) is 2. The number of carbonyl (C=O) groups excluding carboxylic acids is 1. The highest BCUT2D eigenvalue weighted by Crippen LogP contribution is 2.43. The molecule has 1 aromatic heterocycles. The molecule has 3 aliphatic rings. The standard InChI is InChI=1S/C21H34N4O2.2ClH/c1-15-16(2)27-19(24-15)13-25-9-6-17(7-10-25)11-23-20(26)21-8-4-3-5-18(21)12-22-14-21;;/h17-18,22H,3-14H2,1-2H3,(H,23,26);2*1H/t18-,21+;;/m0../s1. The molecule has 0 unspecified atom stereocenters. The van der Waals surface area contributed by atoms with Gasteiger partial charge in [0, 0.05) is 13.1 Å². The van der Waals surface area contributed by atoms with Crippen LogP contribution >= 0.6 is 24.8 Å². The van der Waals surface area contributed by atoms with Crippen LogP contribution in [0.1, 0.15) is 55.9 Å². The number of piperidine rings is 1. The summed E-state index contributed by atoms with van der Waals surface area (Å²) >= 11 is 0. The van der Waals surface area contributed by atoms with Crippen molar-refractivity contribution >= 4 is 30.7 Å². The van der Waals surface area contributed by atoms with Gasteiger partial charge < -0.3 is 15.1 Å². The largest absolute Gasteiger partial charge is 0.444 e. The summed E-state index contributed by atoms with van der Waals surface area (Å²) in [4.78, 5) is 19.9. The zero-order valence-electron chi connectivity index (χ0n) is 17.7. The van der Waals surface area contributed by atoms with Crippen LogP contribution in [0.4, 0.5) is 0 Å². The lowest BCUT2D eigenvalue weighted by Crippen LogP contribution is -2.49. The number of likely N-dealkylation sites (tertiary alicyclic amines) is 1. The number of fused-ring (bicyclic) bond motifs is 1. The molecule has 1 aliphatic carbocycles. The number of nitrogens with zero attached hydrogens (tertiary/aromatic N) is 2. The van der Waals surface area contributed by atoms with Crippen molar-refractivity contribution in [3.63, 3.8) is 0 Å². The molecule has 1 saturated carbocycles. The van der Waals surface area contributed by atoms with Crippen LogP contribution in [0.15, 0.2) is 4.42 Å². The van der Waals surface area contributed by atoms with E-state index < -0.39 is 0 Å². The maximum Gasteiger partial charge on any atom is 0.227 e. The smallest absolute Gasteiger partial charge is 0.227 e. The van der Waals surface area contributed by atoms with Gasteiger partial charge in [0.15, 0.2) is 0 Å². The Morgan fingerprint density at radius 3 is 2.69 bits per heavy atom. The molecule has 2 aliphatic heterocycles. The van der Waals surface area contributed by atoms with Crippen molar-refractivity contribution in [2.24, 2.45) is 17.3 Å². The van der Waals surface area contributed by atoms with Gasteiger partial charge in [-0.3, -0.25) is 9.69 Å². The molecule has 6 nitrogen and oxygen atoms in total. The Kier molecular flexibility index (Phi) is 8.83. The van der Waals surface area contributed by atoms with E-state index >= 15 is 0 Å². The summed E-state index contributed by atoms with van der Waals surface area (Å²) in [5.74, 6) is 3.19. The molecule has 0 radical (unpaired) electrons. The molecule has 1 aromatic rings. The van der Waals surface area contributed by atoms with Crippen LogP contribution in [-0.4, -0.2) is 48.5 Å². The molecule has 0 bridgehead atoms. The van der Waals surface area contributed by atoms with Crippen molar-refractivity contribution in [2.75, 3.05) is 32.7 Å². The second kappa shape index (κ2) is 10.5. The fraction of sp³-hybridized carbons (Fsp3) is 0.810. The number of halogens is 2. The van der Waals surface area contributed by atoms with E-state index in [9.17, 15) is 4.79 Å². The predicted octanol–water partition coefficient (Wildman–Crippen LogP) is 3.24. The van der Waals surface area contributed by atoms with Crippen molar-refractivity contribution in [3.05, 3.63) is 17.3 Å². The van der Waals surface area contributed by atoms with Gasteiger partial charge in [-0.2, -0.15) is 0 Å². The molecule has 3 heterocycles. The Bertz CT molecular complexity index is 656. The first-order valence-electron chi connectivity index (χ1n) is 10.7. The fourth-order valence-corrected chi connectivity index (χ4v) is 5.25. The van der Waals surface area contributed by atoms with Crippen LogP contribution in [0.25, 0.3) is 0 Å². The van der Waals surface area contributed by atoms with Gasteiger partial charge in [0.1, 0.15) is 5.76 Å². The Morgan fingerprint density at radius 1 is 1.24 bits per heavy atom. The van der Waals surface area contributed by atoms with E-state index in [0.29, 0.717) is 17.7 Å². The summed E-state index contributed by atoms with van der Waals surface area (Å²) in [5, 5.41) is 6.81. The van der Waals surface area contributed by atoms with Gasteiger partial charge in [-0.15, -0.1) is 24.8 Å². The molecule has 3 fully saturated rings. The maximum atomic E-state index is 13.0. The highest BCUT2D eigenvalue weighted by atomic mass is 35.5. The summed E-state index contributed by atoms with van der Waals surface area (Å²) in [6.45, 7) is 9.59. The van der Waals surface area contributed by atoms with E-state index in [1.54, 1.807) is 0 Å². The lowest BCUT2D eigenvalue weighted by atomic mass is 9.67. The molecule has 0 aromatic carbocycles. The summed E-state index contributed by atoms with van der Waals surface area (Å²) in [6.07, 6.45) is 7.01. The molecule has 166 valence electrons. The highest BCUT2D eigenvalue weighted by molar-refractivity contribution is 5.85. The first-order chi connectivity index (χ1) is 13.1. The molecule has 1 amide bonds. The Labute approximate surface area is 186 Å². The molecule has 29 heavy (non-hydrogen) atoms. The third-order valence-corrected chi connectivity index (χ3v) is 7.18. The molecule has 2 atom stereocenters. The molecule has 0 spiro atoms. The monoisotopic (exact) mass is 446 g/mol. The molecule has 8 heteroatoms. The number of amides is 1. The van der Waals surface area contributed by atoms with Crippen LogP contribution in [0.3, 0.4) is 0 Å². The van der Waals surface area contributed by atoms with Gasteiger partial charge in [-0.05, 0) is 71.0 Å². The number of carbonyl (C=O) groups is 1. The van der Waals surface area contributed by atoms with Crippen LogP contribution in [-0.2, 0) is 11.3 Å². The third kappa shape index (κ3) is 5.27. The van der Waals surface area contributed by atoms with E-state index in [0.717, 1.165) is 75.9 Å². The van der Waals surface area contributed by atoms with Crippen LogP contribution in [0, 0.1) is 31.1 Å². The Hall–Kier alpha value is -0.820. The Morgan fingerprint density at radius 2 is 2.00 bits per heavy atom. The number of oxazole rings is 1. The Balaban J connectivity index is 0.00000150. The van der Waals surface area contributed by atoms with Crippen LogP contribution in [0.2, 0.25) is 0 Å². The minimum Gasteiger partial charge on any atom is -0.444 e. The first-order valence-corrected chi connectivity index (χ1v) is 10.7. The predicted molar refractivity (Wildman–Crippen MR) is 119 cm³/mol. The summed E-state index contributed by atoms with van der Waals surface area (Å²) in [6, 6.07) is 0. The van der Waals surface area contributed by atoms with E-state index in [1.807, 2.05) is 13.8 Å². The zero-order valence-corrected chi connectivity index (χ0v) is 19.3. The van der Waals surface area contributed by atoms with Crippen molar-refractivity contribution in [3.8, 4) is 0 Å². The van der Waals surface area contributed by atoms with Gasteiger partial charge in [0.25, 0.3) is 0 Å². The number of aryl methyl sites for hydroxylation is 2. The van der Waals surface area contributed by atoms with E-state index in [-0.39, 0.29) is 30.2 Å². The van der Waals surface area contributed by atoms with E-state index in [4.69, 9.17) is 4.42 Å². The maximum absolute atomic E-state index is 13.0. The van der Waals surface area contributed by atoms with Crippen molar-refractivity contribution < 1.29 is 9.21 Å². The number of aromatic nitrogens is 1. The number of rotatable bonds is 5. The fourth-order valence-electron chi connectivity index (χ4n) is 5.25. The summed E-state index contributed by atoms with van der Waals surface area (Å²) in [7, 11) is 0. The van der Waals surface area contributed by atoms with E-state index in [1.165, 1.54) is 19.3 Å². The third-order valence-electron chi connectivity index (χ3n) is 7.18. The summed E-state index contributed by atoms with van der Waals surface area (Å²) in [5.41, 5.74) is 0.865. The van der Waals surface area contributed by atoms with Gasteiger partial charge in [0.05, 0.1) is 17.7 Å².